The zero-order valence-electron chi connectivity index (χ0n) is 7.18. The number of hydrogen-bond acceptors (Lipinski definition) is 0. The first-order chi connectivity index (χ1) is 7.27. The van der Waals surface area contributed by atoms with Gasteiger partial charge in [0.05, 0.1) is 10.1 Å². The van der Waals surface area contributed by atoms with E-state index in [4.69, 9.17) is 92.8 Å². The largest absolute Gasteiger partial charge is 0.132 e. The Hall–Kier alpha value is 1.36. The summed E-state index contributed by atoms with van der Waals surface area (Å²) in [4.78, 5) is 0. The third-order valence-corrected chi connectivity index (χ3v) is 4.04. The molecule has 0 nitrogen and oxygen atoms in total. The van der Waals surface area contributed by atoms with E-state index in [1.54, 1.807) is 0 Å². The summed E-state index contributed by atoms with van der Waals surface area (Å²) < 4.78 is -0.335. The molecule has 0 spiro atoms. The van der Waals surface area contributed by atoms with Gasteiger partial charge in [0.25, 0.3) is 0 Å². The Labute approximate surface area is 133 Å². The van der Waals surface area contributed by atoms with Crippen molar-refractivity contribution in [2.24, 2.45) is 0 Å². The molecule has 0 aromatic rings. The summed E-state index contributed by atoms with van der Waals surface area (Å²) in [7, 11) is 0. The van der Waals surface area contributed by atoms with Crippen LogP contribution in [0.4, 0.5) is 0 Å². The van der Waals surface area contributed by atoms with Gasteiger partial charge in [-0.3, -0.25) is 0 Å². The molecular formula is C8H2Cl8. The van der Waals surface area contributed by atoms with Crippen LogP contribution in [0.5, 0.6) is 0 Å². The van der Waals surface area contributed by atoms with Crippen LogP contribution < -0.4 is 0 Å². The van der Waals surface area contributed by atoms with Crippen LogP contribution in [-0.2, 0) is 0 Å². The summed E-state index contributed by atoms with van der Waals surface area (Å²) in [6.07, 6.45) is 0. The summed E-state index contributed by atoms with van der Waals surface area (Å²) in [6, 6.07) is 0. The van der Waals surface area contributed by atoms with Gasteiger partial charge in [-0.2, -0.15) is 0 Å². The quantitative estimate of drug-likeness (QED) is 0.408. The predicted molar refractivity (Wildman–Crippen MR) is 76.2 cm³/mol. The highest BCUT2D eigenvalue weighted by molar-refractivity contribution is 6.61. The number of hydrogen-bond donors (Lipinski definition) is 0. The van der Waals surface area contributed by atoms with Gasteiger partial charge in [-0.1, -0.05) is 81.4 Å². The van der Waals surface area contributed by atoms with Crippen LogP contribution in [0.15, 0.2) is 19.0 Å². The molecule has 0 aliphatic carbocycles. The van der Waals surface area contributed by atoms with Crippen LogP contribution in [0.1, 0.15) is 0 Å². The van der Waals surface area contributed by atoms with Crippen LogP contribution in [0.25, 0.3) is 0 Å². The predicted octanol–water partition coefficient (Wildman–Crippen LogP) is 5.98. The number of rotatable bonds is 2. The van der Waals surface area contributed by atoms with Crippen molar-refractivity contribution < 1.29 is 0 Å². The molecule has 16 heavy (non-hydrogen) atoms. The van der Waals surface area contributed by atoms with Gasteiger partial charge in [0.1, 0.15) is 19.7 Å². The van der Waals surface area contributed by atoms with Gasteiger partial charge in [-0.25, -0.2) is 0 Å². The standard InChI is InChI=1S/C8H2Cl8/c9-3(5(11)7(13)14)1-2-4(10)6(12)8(15)16/h3-4H/t3-,4-/m0/s1. The molecule has 0 aliphatic rings. The van der Waals surface area contributed by atoms with E-state index in [1.165, 1.54) is 0 Å². The minimum Gasteiger partial charge on any atom is -0.102 e. The number of allylic oxidation sites excluding steroid dienone is 2. The second-order valence-corrected chi connectivity index (χ2v) is 5.82. The first kappa shape index (κ1) is 17.4. The van der Waals surface area contributed by atoms with Crippen LogP contribution >= 0.6 is 92.8 Å². The maximum Gasteiger partial charge on any atom is 0.132 e. The minimum atomic E-state index is -0.883. The second-order valence-electron chi connectivity index (χ2n) is 2.23. The monoisotopic (exact) mass is 378 g/mol. The molecule has 0 unspecified atom stereocenters. The lowest BCUT2D eigenvalue weighted by atomic mass is 10.3. The van der Waals surface area contributed by atoms with Gasteiger partial charge in [-0.15, -0.1) is 23.2 Å². The topological polar surface area (TPSA) is 0 Å². The summed E-state index contributed by atoms with van der Waals surface area (Å²) in [6.45, 7) is 0. The van der Waals surface area contributed by atoms with Crippen LogP contribution in [0.3, 0.4) is 0 Å². The van der Waals surface area contributed by atoms with Crippen molar-refractivity contribution in [3.05, 3.63) is 19.0 Å². The summed E-state index contributed by atoms with van der Waals surface area (Å²) >= 11 is 44.3. The fourth-order valence-electron chi connectivity index (χ4n) is 0.465. The minimum absolute atomic E-state index is 0.00145. The van der Waals surface area contributed by atoms with Crippen molar-refractivity contribution in [2.45, 2.75) is 10.8 Å². The Morgan fingerprint density at radius 3 is 1.06 bits per heavy atom. The molecule has 0 aromatic carbocycles. The molecule has 0 amide bonds. The van der Waals surface area contributed by atoms with Gasteiger partial charge in [-0.05, 0) is 0 Å². The fraction of sp³-hybridized carbons (Fsp3) is 0.250. The van der Waals surface area contributed by atoms with Gasteiger partial charge in [0.2, 0.25) is 0 Å². The molecule has 0 radical (unpaired) electrons. The molecule has 0 aromatic heterocycles. The highest BCUT2D eigenvalue weighted by Gasteiger charge is 2.12. The molecule has 0 bridgehead atoms. The van der Waals surface area contributed by atoms with E-state index in [0.717, 1.165) is 0 Å². The van der Waals surface area contributed by atoms with Crippen molar-refractivity contribution in [3.63, 3.8) is 0 Å². The lowest BCUT2D eigenvalue weighted by molar-refractivity contribution is 1.38. The molecular weight excluding hydrogens is 380 g/mol. The molecule has 0 aliphatic heterocycles. The molecule has 0 N–H and O–H groups in total. The lowest BCUT2D eigenvalue weighted by Gasteiger charge is -2.01. The normalized spacial score (nSPS) is 13.2. The Morgan fingerprint density at radius 1 is 0.625 bits per heavy atom. The molecule has 90 valence electrons. The lowest BCUT2D eigenvalue weighted by Crippen LogP contribution is -1.99. The number of alkyl halides is 2. The molecule has 0 rings (SSSR count). The Morgan fingerprint density at radius 2 is 0.875 bits per heavy atom. The van der Waals surface area contributed by atoms with E-state index < -0.39 is 10.8 Å². The van der Waals surface area contributed by atoms with E-state index >= 15 is 0 Å². The molecule has 0 saturated carbocycles. The highest BCUT2D eigenvalue weighted by atomic mass is 35.5. The number of halogens is 8. The second kappa shape index (κ2) is 8.46. The van der Waals surface area contributed by atoms with Crippen molar-refractivity contribution >= 4 is 92.8 Å². The fourth-order valence-corrected chi connectivity index (χ4v) is 1.58. The van der Waals surface area contributed by atoms with Crippen molar-refractivity contribution in [1.82, 2.24) is 0 Å². The zero-order valence-corrected chi connectivity index (χ0v) is 13.2. The average Bonchev–Trinajstić information content (AvgIpc) is 2.22. The Bertz CT molecular complexity index is 329. The third kappa shape index (κ3) is 6.34. The van der Waals surface area contributed by atoms with Crippen molar-refractivity contribution in [1.29, 1.82) is 0 Å². The van der Waals surface area contributed by atoms with Gasteiger partial charge in [0, 0.05) is 0 Å². The summed E-state index contributed by atoms with van der Waals surface area (Å²) in [5, 5.41) is -1.77. The van der Waals surface area contributed by atoms with Crippen LogP contribution in [-0.4, -0.2) is 10.8 Å². The molecule has 0 saturated heterocycles. The maximum absolute atomic E-state index is 5.74. The zero-order chi connectivity index (χ0) is 12.9. The van der Waals surface area contributed by atoms with Gasteiger partial charge < -0.3 is 0 Å². The van der Waals surface area contributed by atoms with E-state index in [9.17, 15) is 0 Å². The first-order valence-electron chi connectivity index (χ1n) is 3.48. The SMILES string of the molecule is ClC(Cl)=C(Cl)[C@@H](Cl)C#C[C@H](Cl)C(Cl)=C(Cl)Cl. The van der Waals surface area contributed by atoms with E-state index in [2.05, 4.69) is 11.8 Å². The van der Waals surface area contributed by atoms with Gasteiger partial charge >= 0.3 is 0 Å². The molecule has 8 heteroatoms. The van der Waals surface area contributed by atoms with E-state index in [0.29, 0.717) is 0 Å². The third-order valence-electron chi connectivity index (χ3n) is 1.14. The van der Waals surface area contributed by atoms with Crippen molar-refractivity contribution in [2.75, 3.05) is 0 Å². The van der Waals surface area contributed by atoms with Crippen LogP contribution in [0.2, 0.25) is 0 Å². The Kier molecular flexibility index (Phi) is 9.18. The molecule has 0 heterocycles. The maximum atomic E-state index is 5.74. The molecule has 0 fully saturated rings. The van der Waals surface area contributed by atoms with E-state index in [-0.39, 0.29) is 19.0 Å². The Balaban J connectivity index is 4.78. The summed E-state index contributed by atoms with van der Waals surface area (Å²) in [5.41, 5.74) is 0. The summed E-state index contributed by atoms with van der Waals surface area (Å²) in [5.74, 6) is 4.98. The highest BCUT2D eigenvalue weighted by Crippen LogP contribution is 2.26. The van der Waals surface area contributed by atoms with Gasteiger partial charge in [0.15, 0.2) is 0 Å². The molecule has 2 atom stereocenters. The van der Waals surface area contributed by atoms with Crippen molar-refractivity contribution in [3.8, 4) is 11.8 Å². The average molecular weight is 382 g/mol. The first-order valence-corrected chi connectivity index (χ1v) is 6.62. The van der Waals surface area contributed by atoms with E-state index in [1.807, 2.05) is 0 Å². The van der Waals surface area contributed by atoms with Crippen LogP contribution in [0, 0.1) is 11.8 Å². The smallest absolute Gasteiger partial charge is 0.102 e.